The summed E-state index contributed by atoms with van der Waals surface area (Å²) in [4.78, 5) is 23.7. The second-order valence-electron chi connectivity index (χ2n) is 6.91. The fourth-order valence-electron chi connectivity index (χ4n) is 3.25. The molecule has 1 amide bonds. The first-order valence-electron chi connectivity index (χ1n) is 9.49. The fraction of sp³-hybridized carbons (Fsp3) is 0.0870. The summed E-state index contributed by atoms with van der Waals surface area (Å²) in [5.74, 6) is 0.0760. The van der Waals surface area contributed by atoms with Crippen molar-refractivity contribution < 1.29 is 9.72 Å². The van der Waals surface area contributed by atoms with Crippen LogP contribution in [0.5, 0.6) is 0 Å². The van der Waals surface area contributed by atoms with Crippen LogP contribution in [0.25, 0.3) is 10.9 Å². The van der Waals surface area contributed by atoms with Crippen molar-refractivity contribution in [1.82, 2.24) is 4.57 Å². The number of nitrogens with one attached hydrogen (secondary N) is 1. The number of non-ortho nitro benzene ring substituents is 1. The number of thioether (sulfide) groups is 1. The molecule has 1 aromatic heterocycles. The first-order valence-corrected chi connectivity index (χ1v) is 11.3. The molecule has 0 aliphatic carbocycles. The predicted molar refractivity (Wildman–Crippen MR) is 128 cm³/mol. The molecule has 0 saturated carbocycles. The summed E-state index contributed by atoms with van der Waals surface area (Å²) in [5, 5.41) is 14.6. The third-order valence-corrected chi connectivity index (χ3v) is 6.31. The van der Waals surface area contributed by atoms with E-state index >= 15 is 0 Å². The Kier molecular flexibility index (Phi) is 6.39. The highest BCUT2D eigenvalue weighted by atomic mass is 79.9. The highest BCUT2D eigenvalue weighted by Gasteiger charge is 2.12. The van der Waals surface area contributed by atoms with Crippen molar-refractivity contribution in [3.63, 3.8) is 0 Å². The van der Waals surface area contributed by atoms with Gasteiger partial charge in [0.1, 0.15) is 0 Å². The van der Waals surface area contributed by atoms with E-state index in [1.165, 1.54) is 41.6 Å². The lowest BCUT2D eigenvalue weighted by atomic mass is 10.2. The normalized spacial score (nSPS) is 10.9. The summed E-state index contributed by atoms with van der Waals surface area (Å²) in [7, 11) is 0. The van der Waals surface area contributed by atoms with Gasteiger partial charge in [-0.25, -0.2) is 0 Å². The number of nitro benzene ring substituents is 1. The molecule has 156 valence electrons. The van der Waals surface area contributed by atoms with E-state index in [2.05, 4.69) is 56.3 Å². The molecule has 0 spiro atoms. The van der Waals surface area contributed by atoms with Gasteiger partial charge in [-0.3, -0.25) is 14.9 Å². The molecule has 0 bridgehead atoms. The number of fused-ring (bicyclic) bond motifs is 1. The first-order chi connectivity index (χ1) is 15.0. The van der Waals surface area contributed by atoms with Crippen LogP contribution in [0.15, 0.2) is 88.4 Å². The molecule has 0 saturated heterocycles. The Morgan fingerprint density at radius 2 is 1.74 bits per heavy atom. The van der Waals surface area contributed by atoms with Crippen LogP contribution < -0.4 is 5.32 Å². The molecule has 3 aromatic carbocycles. The average Bonchev–Trinajstić information content (AvgIpc) is 3.12. The van der Waals surface area contributed by atoms with Crippen LogP contribution in [-0.4, -0.2) is 21.2 Å². The molecule has 0 radical (unpaired) electrons. The van der Waals surface area contributed by atoms with Gasteiger partial charge in [0.2, 0.25) is 5.91 Å². The average molecular weight is 496 g/mol. The molecule has 0 aliphatic rings. The first kappa shape index (κ1) is 21.1. The van der Waals surface area contributed by atoms with Crippen LogP contribution >= 0.6 is 27.7 Å². The molecular weight excluding hydrogens is 478 g/mol. The summed E-state index contributed by atoms with van der Waals surface area (Å²) in [5.41, 5.74) is 2.83. The second-order valence-corrected chi connectivity index (χ2v) is 8.84. The summed E-state index contributed by atoms with van der Waals surface area (Å²) in [6.07, 6.45) is 2.08. The van der Waals surface area contributed by atoms with Gasteiger partial charge in [0.25, 0.3) is 5.69 Å². The molecule has 31 heavy (non-hydrogen) atoms. The number of carbonyl (C=O) groups is 1. The Labute approximate surface area is 191 Å². The summed E-state index contributed by atoms with van der Waals surface area (Å²) >= 11 is 4.93. The molecule has 4 aromatic rings. The van der Waals surface area contributed by atoms with Crippen LogP contribution in [0.2, 0.25) is 0 Å². The van der Waals surface area contributed by atoms with Crippen LogP contribution in [-0.2, 0) is 11.3 Å². The van der Waals surface area contributed by atoms with E-state index in [0.717, 1.165) is 26.8 Å². The van der Waals surface area contributed by atoms with Gasteiger partial charge in [-0.1, -0.05) is 46.3 Å². The lowest BCUT2D eigenvalue weighted by Crippen LogP contribution is -2.13. The second kappa shape index (κ2) is 9.36. The monoisotopic (exact) mass is 495 g/mol. The maximum Gasteiger partial charge on any atom is 0.269 e. The topological polar surface area (TPSA) is 77.2 Å². The van der Waals surface area contributed by atoms with Gasteiger partial charge in [-0.15, -0.1) is 11.8 Å². The number of halogens is 1. The van der Waals surface area contributed by atoms with E-state index in [4.69, 9.17) is 0 Å². The molecule has 6 nitrogen and oxygen atoms in total. The number of nitrogens with zero attached hydrogens (tertiary/aromatic N) is 2. The number of aromatic nitrogens is 1. The number of rotatable bonds is 7. The number of hydrogen-bond acceptors (Lipinski definition) is 4. The zero-order valence-electron chi connectivity index (χ0n) is 16.3. The van der Waals surface area contributed by atoms with Crippen LogP contribution in [0.1, 0.15) is 5.56 Å². The third kappa shape index (κ3) is 5.15. The molecule has 4 rings (SSSR count). The number of anilines is 1. The quantitative estimate of drug-likeness (QED) is 0.191. The Hall–Kier alpha value is -3.10. The van der Waals surface area contributed by atoms with Crippen LogP contribution in [0.3, 0.4) is 0 Å². The highest BCUT2D eigenvalue weighted by Crippen LogP contribution is 2.31. The van der Waals surface area contributed by atoms with Crippen molar-refractivity contribution >= 4 is 55.9 Å². The molecule has 0 unspecified atom stereocenters. The van der Waals surface area contributed by atoms with Crippen molar-refractivity contribution in [1.29, 1.82) is 0 Å². The molecule has 1 heterocycles. The summed E-state index contributed by atoms with van der Waals surface area (Å²) in [6, 6.07) is 22.2. The summed E-state index contributed by atoms with van der Waals surface area (Å²) in [6.45, 7) is 0.739. The summed E-state index contributed by atoms with van der Waals surface area (Å²) < 4.78 is 3.23. The number of nitro groups is 1. The maximum absolute atomic E-state index is 12.4. The Morgan fingerprint density at radius 1 is 1.03 bits per heavy atom. The van der Waals surface area contributed by atoms with Crippen molar-refractivity contribution in [2.24, 2.45) is 0 Å². The van der Waals surface area contributed by atoms with Crippen molar-refractivity contribution in [3.05, 3.63) is 99.1 Å². The molecule has 8 heteroatoms. The van der Waals surface area contributed by atoms with E-state index in [1.807, 2.05) is 24.3 Å². The zero-order chi connectivity index (χ0) is 21.8. The van der Waals surface area contributed by atoms with Crippen molar-refractivity contribution in [3.8, 4) is 0 Å². The lowest BCUT2D eigenvalue weighted by molar-refractivity contribution is -0.384. The smallest absolute Gasteiger partial charge is 0.269 e. The minimum atomic E-state index is -0.467. The van der Waals surface area contributed by atoms with Crippen LogP contribution in [0.4, 0.5) is 11.4 Å². The van der Waals surface area contributed by atoms with Gasteiger partial charge in [0.15, 0.2) is 0 Å². The molecular formula is C23H18BrN3O3S. The number of carbonyl (C=O) groups excluding carboxylic acids is 1. The van der Waals surface area contributed by atoms with E-state index < -0.39 is 4.92 Å². The molecule has 0 aliphatic heterocycles. The van der Waals surface area contributed by atoms with Crippen LogP contribution in [0, 0.1) is 10.1 Å². The SMILES string of the molecule is O=C(CSc1cn(Cc2ccc(Br)cc2)c2ccccc12)Nc1ccc([N+](=O)[O-])cc1. The van der Waals surface area contributed by atoms with Gasteiger partial charge in [0, 0.05) is 50.8 Å². The largest absolute Gasteiger partial charge is 0.342 e. The van der Waals surface area contributed by atoms with Gasteiger partial charge in [0.05, 0.1) is 10.7 Å². The van der Waals surface area contributed by atoms with Gasteiger partial charge in [-0.05, 0) is 35.9 Å². The number of benzene rings is 3. The Bertz CT molecular complexity index is 1240. The van der Waals surface area contributed by atoms with Gasteiger partial charge in [-0.2, -0.15) is 0 Å². The van der Waals surface area contributed by atoms with Gasteiger partial charge < -0.3 is 9.88 Å². The van der Waals surface area contributed by atoms with E-state index in [0.29, 0.717) is 5.69 Å². The Balaban J connectivity index is 1.46. The minimum absolute atomic E-state index is 0.00837. The number of amides is 1. The van der Waals surface area contributed by atoms with E-state index in [9.17, 15) is 14.9 Å². The predicted octanol–water partition coefficient (Wildman–Crippen LogP) is 6.09. The highest BCUT2D eigenvalue weighted by molar-refractivity contribution is 9.10. The Morgan fingerprint density at radius 3 is 2.45 bits per heavy atom. The fourth-order valence-corrected chi connectivity index (χ4v) is 4.41. The molecule has 0 atom stereocenters. The van der Waals surface area contributed by atoms with Crippen molar-refractivity contribution in [2.75, 3.05) is 11.1 Å². The third-order valence-electron chi connectivity index (χ3n) is 4.74. The standard InChI is InChI=1S/C23H18BrN3O3S/c24-17-7-5-16(6-8-17)13-26-14-22(20-3-1-2-4-21(20)26)31-15-23(28)25-18-9-11-19(12-10-18)27(29)30/h1-12,14H,13,15H2,(H,25,28). The minimum Gasteiger partial charge on any atom is -0.342 e. The lowest BCUT2D eigenvalue weighted by Gasteiger charge is -2.05. The van der Waals surface area contributed by atoms with Gasteiger partial charge >= 0.3 is 0 Å². The van der Waals surface area contributed by atoms with Crippen molar-refractivity contribution in [2.45, 2.75) is 11.4 Å². The maximum atomic E-state index is 12.4. The van der Waals surface area contributed by atoms with E-state index in [-0.39, 0.29) is 17.3 Å². The molecule has 0 fully saturated rings. The van der Waals surface area contributed by atoms with E-state index in [1.54, 1.807) is 0 Å². The number of hydrogen-bond donors (Lipinski definition) is 1. The molecule has 1 N–H and O–H groups in total. The number of para-hydroxylation sites is 1. The zero-order valence-corrected chi connectivity index (χ0v) is 18.7.